The van der Waals surface area contributed by atoms with Gasteiger partial charge in [-0.1, -0.05) is 19.1 Å². The first-order valence-corrected chi connectivity index (χ1v) is 11.8. The number of aromatic nitrogens is 1. The fourth-order valence-corrected chi connectivity index (χ4v) is 4.05. The molecule has 30 heavy (non-hydrogen) atoms. The third kappa shape index (κ3) is 5.00. The van der Waals surface area contributed by atoms with E-state index in [1.54, 1.807) is 25.3 Å². The number of hydrogen-bond donors (Lipinski definition) is 0. The summed E-state index contributed by atoms with van der Waals surface area (Å²) in [5.74, 6) is -0.377. The first-order valence-electron chi connectivity index (χ1n) is 9.87. The summed E-state index contributed by atoms with van der Waals surface area (Å²) in [5.41, 5.74) is 3.84. The topological polar surface area (TPSA) is 83.2 Å². The maximum Gasteiger partial charge on any atom is 0.264 e. The molecule has 160 valence electrons. The molecular formula is C23H29N3O3S. The van der Waals surface area contributed by atoms with Gasteiger partial charge in [-0.15, -0.1) is 0 Å². The average molecular weight is 428 g/mol. The summed E-state index contributed by atoms with van der Waals surface area (Å²) in [6, 6.07) is 10.1. The van der Waals surface area contributed by atoms with Gasteiger partial charge in [-0.25, -0.2) is 8.42 Å². The summed E-state index contributed by atoms with van der Waals surface area (Å²) in [4.78, 5) is 14.7. The third-order valence-electron chi connectivity index (χ3n) is 5.40. The normalized spacial score (nSPS) is 13.0. The van der Waals surface area contributed by atoms with Crippen molar-refractivity contribution >= 4 is 21.8 Å². The second kappa shape index (κ2) is 9.31. The first kappa shape index (κ1) is 23.4. The number of benzene rings is 1. The molecule has 0 saturated heterocycles. The van der Waals surface area contributed by atoms with Gasteiger partial charge in [0.2, 0.25) is 0 Å². The van der Waals surface area contributed by atoms with Crippen LogP contribution in [-0.2, 0) is 21.2 Å². The number of carbonyl (C=O) groups is 1. The molecule has 0 aliphatic carbocycles. The highest BCUT2D eigenvalue weighted by Gasteiger charge is 2.22. The second-order valence-electron chi connectivity index (χ2n) is 7.58. The Morgan fingerprint density at radius 2 is 1.87 bits per heavy atom. The number of carbonyl (C=O) groups excluding carboxylic acids is 1. The molecule has 0 fully saturated rings. The van der Waals surface area contributed by atoms with Crippen LogP contribution < -0.4 is 0 Å². The van der Waals surface area contributed by atoms with Crippen LogP contribution in [0.4, 0.5) is 0 Å². The highest BCUT2D eigenvalue weighted by molar-refractivity contribution is 7.90. The van der Waals surface area contributed by atoms with Gasteiger partial charge in [0.25, 0.3) is 5.91 Å². The van der Waals surface area contributed by atoms with E-state index in [1.807, 2.05) is 32.9 Å². The van der Waals surface area contributed by atoms with Crippen LogP contribution in [0.2, 0.25) is 0 Å². The van der Waals surface area contributed by atoms with E-state index in [2.05, 4.69) is 11.5 Å². The van der Waals surface area contributed by atoms with Crippen molar-refractivity contribution in [2.75, 3.05) is 13.3 Å². The van der Waals surface area contributed by atoms with Crippen molar-refractivity contribution < 1.29 is 13.2 Å². The Bertz CT molecular complexity index is 1100. The molecule has 1 aromatic carbocycles. The lowest BCUT2D eigenvalue weighted by Crippen LogP contribution is -2.30. The summed E-state index contributed by atoms with van der Waals surface area (Å²) in [6.45, 7) is 8.85. The Kier molecular flexibility index (Phi) is 7.27. The predicted octanol–water partition coefficient (Wildman–Crippen LogP) is 4.05. The fraction of sp³-hybridized carbons (Fsp3) is 0.391. The molecule has 7 heteroatoms. The third-order valence-corrected chi connectivity index (χ3v) is 6.53. The van der Waals surface area contributed by atoms with Gasteiger partial charge in [-0.3, -0.25) is 4.79 Å². The molecule has 0 aliphatic heterocycles. The molecule has 0 radical (unpaired) electrons. The van der Waals surface area contributed by atoms with Gasteiger partial charge in [0.05, 0.1) is 10.9 Å². The van der Waals surface area contributed by atoms with Crippen molar-refractivity contribution in [3.63, 3.8) is 0 Å². The van der Waals surface area contributed by atoms with Crippen molar-refractivity contribution in [2.45, 2.75) is 51.6 Å². The Labute approximate surface area is 179 Å². The summed E-state index contributed by atoms with van der Waals surface area (Å²) in [7, 11) is -1.64. The van der Waals surface area contributed by atoms with Gasteiger partial charge in [-0.2, -0.15) is 5.26 Å². The van der Waals surface area contributed by atoms with Crippen LogP contribution in [0.3, 0.4) is 0 Å². The van der Waals surface area contributed by atoms with E-state index in [-0.39, 0.29) is 22.4 Å². The number of amides is 1. The van der Waals surface area contributed by atoms with Crippen LogP contribution in [0.15, 0.2) is 40.8 Å². The van der Waals surface area contributed by atoms with Crippen molar-refractivity contribution in [1.82, 2.24) is 9.47 Å². The van der Waals surface area contributed by atoms with E-state index in [0.29, 0.717) is 0 Å². The minimum absolute atomic E-state index is 0.0638. The zero-order valence-corrected chi connectivity index (χ0v) is 19.2. The van der Waals surface area contributed by atoms with Gasteiger partial charge >= 0.3 is 0 Å². The standard InChI is InChI=1S/C23H29N3O3S/c1-7-12-26-16(2)13-20(18(26)4)14-21(15-24)23(27)25(5)17(3)19-8-10-22(11-9-19)30(6,28)29/h8-11,13-14,17H,7,12H2,1-6H3/b21-14+. The maximum absolute atomic E-state index is 13.0. The Morgan fingerprint density at radius 3 is 2.37 bits per heavy atom. The number of aryl methyl sites for hydroxylation is 1. The van der Waals surface area contributed by atoms with Gasteiger partial charge in [0, 0.05) is 31.2 Å². The molecule has 0 spiro atoms. The molecule has 1 heterocycles. The van der Waals surface area contributed by atoms with E-state index in [1.165, 1.54) is 17.0 Å². The van der Waals surface area contributed by atoms with Crippen LogP contribution in [0.5, 0.6) is 0 Å². The van der Waals surface area contributed by atoms with Gasteiger partial charge in [-0.05, 0) is 62.6 Å². The molecule has 0 aliphatic rings. The van der Waals surface area contributed by atoms with Crippen LogP contribution in [0, 0.1) is 25.2 Å². The van der Waals surface area contributed by atoms with Crippen LogP contribution in [0.25, 0.3) is 6.08 Å². The van der Waals surface area contributed by atoms with E-state index in [0.717, 1.165) is 41.7 Å². The van der Waals surface area contributed by atoms with Crippen molar-refractivity contribution in [3.05, 3.63) is 58.4 Å². The summed E-state index contributed by atoms with van der Waals surface area (Å²) in [5, 5.41) is 9.62. The Morgan fingerprint density at radius 1 is 1.27 bits per heavy atom. The van der Waals surface area contributed by atoms with E-state index < -0.39 is 9.84 Å². The zero-order valence-electron chi connectivity index (χ0n) is 18.4. The highest BCUT2D eigenvalue weighted by atomic mass is 32.2. The smallest absolute Gasteiger partial charge is 0.264 e. The molecule has 0 saturated carbocycles. The number of hydrogen-bond acceptors (Lipinski definition) is 4. The van der Waals surface area contributed by atoms with Crippen LogP contribution >= 0.6 is 0 Å². The van der Waals surface area contributed by atoms with Crippen molar-refractivity contribution in [3.8, 4) is 6.07 Å². The number of sulfone groups is 1. The molecule has 1 aromatic heterocycles. The van der Waals surface area contributed by atoms with Gasteiger partial charge < -0.3 is 9.47 Å². The maximum atomic E-state index is 13.0. The minimum atomic E-state index is -3.28. The van der Waals surface area contributed by atoms with Crippen molar-refractivity contribution in [2.24, 2.45) is 0 Å². The van der Waals surface area contributed by atoms with E-state index >= 15 is 0 Å². The molecule has 2 rings (SSSR count). The highest BCUT2D eigenvalue weighted by Crippen LogP contribution is 2.24. The molecule has 0 N–H and O–H groups in total. The largest absolute Gasteiger partial charge is 0.349 e. The predicted molar refractivity (Wildman–Crippen MR) is 119 cm³/mol. The lowest BCUT2D eigenvalue weighted by atomic mass is 10.1. The molecule has 1 amide bonds. The second-order valence-corrected chi connectivity index (χ2v) is 9.60. The van der Waals surface area contributed by atoms with Crippen LogP contribution in [-0.4, -0.2) is 37.1 Å². The molecule has 0 bridgehead atoms. The monoisotopic (exact) mass is 427 g/mol. The fourth-order valence-electron chi connectivity index (χ4n) is 3.42. The zero-order chi connectivity index (χ0) is 22.6. The lowest BCUT2D eigenvalue weighted by Gasteiger charge is -2.25. The number of nitrogens with zero attached hydrogens (tertiary/aromatic N) is 3. The molecule has 2 aromatic rings. The Balaban J connectivity index is 2.30. The van der Waals surface area contributed by atoms with Gasteiger partial charge in [0.15, 0.2) is 9.84 Å². The summed E-state index contributed by atoms with van der Waals surface area (Å²) < 4.78 is 25.5. The van der Waals surface area contributed by atoms with Gasteiger partial charge in [0.1, 0.15) is 11.6 Å². The lowest BCUT2D eigenvalue weighted by molar-refractivity contribution is -0.127. The summed E-state index contributed by atoms with van der Waals surface area (Å²) >= 11 is 0. The van der Waals surface area contributed by atoms with Crippen molar-refractivity contribution in [1.29, 1.82) is 5.26 Å². The molecule has 6 nitrogen and oxygen atoms in total. The molecule has 1 unspecified atom stereocenters. The SMILES string of the molecule is CCCn1c(C)cc(/C=C(\C#N)C(=O)N(C)C(C)c2ccc(S(C)(=O)=O)cc2)c1C. The van der Waals surface area contributed by atoms with Crippen LogP contribution in [0.1, 0.15) is 48.8 Å². The Hall–Kier alpha value is -2.85. The first-order chi connectivity index (χ1) is 14.0. The van der Waals surface area contributed by atoms with E-state index in [9.17, 15) is 18.5 Å². The summed E-state index contributed by atoms with van der Waals surface area (Å²) in [6.07, 6.45) is 3.80. The minimum Gasteiger partial charge on any atom is -0.349 e. The van der Waals surface area contributed by atoms with E-state index in [4.69, 9.17) is 0 Å². The number of nitriles is 1. The molecule has 1 atom stereocenters. The molecular weight excluding hydrogens is 398 g/mol. The number of rotatable bonds is 7. The average Bonchev–Trinajstić information content (AvgIpc) is 2.97. The number of likely N-dealkylation sites (N-methyl/N-ethyl adjacent to an activating group) is 1. The quantitative estimate of drug-likeness (QED) is 0.493.